The first-order valence-electron chi connectivity index (χ1n) is 4.99. The molecule has 0 amide bonds. The molecule has 8 heteroatoms. The number of hydrogen-bond donors (Lipinski definition) is 2. The van der Waals surface area contributed by atoms with Crippen LogP contribution >= 0.6 is 45.5 Å². The molecule has 0 saturated carbocycles. The fourth-order valence-electron chi connectivity index (χ4n) is 1.15. The minimum absolute atomic E-state index is 0.178. The quantitative estimate of drug-likeness (QED) is 0.616. The van der Waals surface area contributed by atoms with E-state index in [1.165, 1.54) is 11.3 Å². The molecule has 2 aromatic rings. The summed E-state index contributed by atoms with van der Waals surface area (Å²) in [6.07, 6.45) is 1.63. The molecule has 2 N–H and O–H groups in total. The van der Waals surface area contributed by atoms with Gasteiger partial charge in [0.15, 0.2) is 10.9 Å². The van der Waals surface area contributed by atoms with Crippen molar-refractivity contribution in [2.75, 3.05) is 5.32 Å². The van der Waals surface area contributed by atoms with Crippen LogP contribution in [0.3, 0.4) is 0 Å². The molecule has 2 heterocycles. The molecule has 0 saturated heterocycles. The molecular weight excluding hydrogens is 387 g/mol. The van der Waals surface area contributed by atoms with E-state index >= 15 is 0 Å². The summed E-state index contributed by atoms with van der Waals surface area (Å²) in [7, 11) is 0. The summed E-state index contributed by atoms with van der Waals surface area (Å²) in [5.74, 6) is 0.604. The number of hydrogen-bond acceptors (Lipinski definition) is 6. The summed E-state index contributed by atoms with van der Waals surface area (Å²) in [5, 5.41) is 15.5. The second-order valence-corrected chi connectivity index (χ2v) is 6.42. The molecule has 0 spiro atoms. The smallest absolute Gasteiger partial charge is 0.224 e. The number of aromatic nitrogens is 3. The lowest BCUT2D eigenvalue weighted by atomic mass is 10.1. The maximum atomic E-state index is 9.84. The molecule has 2 rings (SSSR count). The predicted molar refractivity (Wildman–Crippen MR) is 80.4 cm³/mol. The van der Waals surface area contributed by atoms with Gasteiger partial charge in [-0.05, 0) is 48.0 Å². The third-order valence-electron chi connectivity index (χ3n) is 2.07. The molecule has 0 aromatic carbocycles. The highest BCUT2D eigenvalue weighted by atomic mass is 127. The minimum atomic E-state index is -0.951. The van der Waals surface area contributed by atoms with Crippen LogP contribution in [-0.4, -0.2) is 20.1 Å². The maximum Gasteiger partial charge on any atom is 0.224 e. The number of nitrogens with zero attached hydrogens (tertiary/aromatic N) is 3. The predicted octanol–water partition coefficient (Wildman–Crippen LogP) is 3.16. The summed E-state index contributed by atoms with van der Waals surface area (Å²) in [6.45, 7) is 3.38. The van der Waals surface area contributed by atoms with Crippen LogP contribution in [0.25, 0.3) is 0 Å². The molecule has 0 radical (unpaired) electrons. The Morgan fingerprint density at radius 2 is 2.17 bits per heavy atom. The molecule has 0 bridgehead atoms. The summed E-state index contributed by atoms with van der Waals surface area (Å²) < 4.78 is 0.844. The molecule has 0 unspecified atom stereocenters. The van der Waals surface area contributed by atoms with Gasteiger partial charge in [0.2, 0.25) is 5.28 Å². The maximum absolute atomic E-state index is 9.84. The first-order valence-corrected chi connectivity index (χ1v) is 7.33. The van der Waals surface area contributed by atoms with E-state index in [1.54, 1.807) is 25.4 Å². The molecule has 0 aliphatic heterocycles. The molecule has 18 heavy (non-hydrogen) atoms. The molecule has 0 fully saturated rings. The number of nitrogens with one attached hydrogen (secondary N) is 1. The van der Waals surface area contributed by atoms with Crippen molar-refractivity contribution < 1.29 is 5.11 Å². The number of thiazole rings is 1. The Balaban J connectivity index is 2.24. The van der Waals surface area contributed by atoms with Gasteiger partial charge >= 0.3 is 0 Å². The number of aliphatic hydroxyl groups is 1. The van der Waals surface area contributed by atoms with E-state index in [-0.39, 0.29) is 5.28 Å². The summed E-state index contributed by atoms with van der Waals surface area (Å²) in [6, 6.07) is 0. The third-order valence-corrected chi connectivity index (χ3v) is 3.80. The normalized spacial score (nSPS) is 11.6. The summed E-state index contributed by atoms with van der Waals surface area (Å²) in [5.41, 5.74) is -0.336. The van der Waals surface area contributed by atoms with Gasteiger partial charge in [0.25, 0.3) is 0 Å². The van der Waals surface area contributed by atoms with Crippen molar-refractivity contribution in [3.05, 3.63) is 26.1 Å². The Hall–Kier alpha value is -0.510. The van der Waals surface area contributed by atoms with Crippen LogP contribution in [-0.2, 0) is 5.60 Å². The average molecular weight is 397 g/mol. The molecule has 0 aliphatic carbocycles. The van der Waals surface area contributed by atoms with Crippen molar-refractivity contribution in [3.8, 4) is 0 Å². The van der Waals surface area contributed by atoms with Gasteiger partial charge in [0.05, 0.1) is 9.26 Å². The Morgan fingerprint density at radius 3 is 2.78 bits per heavy atom. The van der Waals surface area contributed by atoms with Crippen LogP contribution in [0.5, 0.6) is 0 Å². The number of rotatable bonds is 3. The van der Waals surface area contributed by atoms with Crippen LogP contribution in [0, 0.1) is 3.57 Å². The summed E-state index contributed by atoms with van der Waals surface area (Å²) >= 11 is 9.24. The highest BCUT2D eigenvalue weighted by molar-refractivity contribution is 14.1. The highest BCUT2D eigenvalue weighted by Gasteiger charge is 2.20. The Labute approximate surface area is 127 Å². The SMILES string of the molecule is CC(C)(O)c1csc(Nc2nc(Cl)ncc2I)n1. The lowest BCUT2D eigenvalue weighted by molar-refractivity contribution is 0.0746. The Bertz CT molecular complexity index is 569. The van der Waals surface area contributed by atoms with Gasteiger partial charge in [-0.25, -0.2) is 9.97 Å². The highest BCUT2D eigenvalue weighted by Crippen LogP contribution is 2.27. The van der Waals surface area contributed by atoms with Gasteiger partial charge in [0.1, 0.15) is 5.60 Å². The largest absolute Gasteiger partial charge is 0.384 e. The topological polar surface area (TPSA) is 70.9 Å². The molecule has 96 valence electrons. The summed E-state index contributed by atoms with van der Waals surface area (Å²) in [4.78, 5) is 12.3. The van der Waals surface area contributed by atoms with Gasteiger partial charge in [-0.1, -0.05) is 0 Å². The second-order valence-electron chi connectivity index (χ2n) is 4.06. The second kappa shape index (κ2) is 5.24. The van der Waals surface area contributed by atoms with Gasteiger partial charge in [0, 0.05) is 11.6 Å². The van der Waals surface area contributed by atoms with Gasteiger partial charge in [-0.3, -0.25) is 0 Å². The lowest BCUT2D eigenvalue weighted by Crippen LogP contribution is -2.15. The molecule has 5 nitrogen and oxygen atoms in total. The van der Waals surface area contributed by atoms with Crippen molar-refractivity contribution in [1.82, 2.24) is 15.0 Å². The lowest BCUT2D eigenvalue weighted by Gasteiger charge is -2.13. The van der Waals surface area contributed by atoms with E-state index < -0.39 is 5.60 Å². The number of anilines is 2. The fourth-order valence-corrected chi connectivity index (χ4v) is 2.55. The zero-order valence-corrected chi connectivity index (χ0v) is 13.3. The molecular formula is C10H10ClIN4OS. The Kier molecular flexibility index (Phi) is 4.05. The molecule has 0 atom stereocenters. The van der Waals surface area contributed by atoms with Crippen LogP contribution < -0.4 is 5.32 Å². The minimum Gasteiger partial charge on any atom is -0.384 e. The van der Waals surface area contributed by atoms with Gasteiger partial charge in [-0.2, -0.15) is 4.98 Å². The average Bonchev–Trinajstić information content (AvgIpc) is 2.71. The zero-order chi connectivity index (χ0) is 13.3. The Morgan fingerprint density at radius 1 is 1.44 bits per heavy atom. The standard InChI is InChI=1S/C10H10ClIN4OS/c1-10(2,17)6-4-18-9(14-6)16-7-5(12)3-13-8(11)15-7/h3-4,17H,1-2H3,(H,13,14,15,16). The van der Waals surface area contributed by atoms with Crippen molar-refractivity contribution in [2.45, 2.75) is 19.4 Å². The monoisotopic (exact) mass is 396 g/mol. The van der Waals surface area contributed by atoms with E-state index in [4.69, 9.17) is 11.6 Å². The fraction of sp³-hybridized carbons (Fsp3) is 0.300. The van der Waals surface area contributed by atoms with Gasteiger partial charge < -0.3 is 10.4 Å². The first kappa shape index (κ1) is 13.9. The van der Waals surface area contributed by atoms with Crippen molar-refractivity contribution in [3.63, 3.8) is 0 Å². The van der Waals surface area contributed by atoms with E-state index in [0.717, 1.165) is 3.57 Å². The van der Waals surface area contributed by atoms with Crippen molar-refractivity contribution in [1.29, 1.82) is 0 Å². The van der Waals surface area contributed by atoms with Crippen LogP contribution in [0.15, 0.2) is 11.6 Å². The van der Waals surface area contributed by atoms with E-state index in [1.807, 2.05) is 0 Å². The van der Waals surface area contributed by atoms with Crippen LogP contribution in [0.2, 0.25) is 5.28 Å². The zero-order valence-electron chi connectivity index (χ0n) is 9.61. The van der Waals surface area contributed by atoms with Crippen LogP contribution in [0.1, 0.15) is 19.5 Å². The van der Waals surface area contributed by atoms with Gasteiger partial charge in [-0.15, -0.1) is 11.3 Å². The van der Waals surface area contributed by atoms with E-state index in [9.17, 15) is 5.11 Å². The first-order chi connectivity index (χ1) is 8.36. The molecule has 2 aromatic heterocycles. The number of halogens is 2. The van der Waals surface area contributed by atoms with Crippen LogP contribution in [0.4, 0.5) is 10.9 Å². The molecule has 0 aliphatic rings. The van der Waals surface area contributed by atoms with Crippen molar-refractivity contribution in [2.24, 2.45) is 0 Å². The van der Waals surface area contributed by atoms with E-state index in [2.05, 4.69) is 42.9 Å². The van der Waals surface area contributed by atoms with Crippen molar-refractivity contribution >= 4 is 56.5 Å². The van der Waals surface area contributed by atoms with E-state index in [0.29, 0.717) is 16.6 Å². The third kappa shape index (κ3) is 3.28.